The van der Waals surface area contributed by atoms with E-state index in [4.69, 9.17) is 14.2 Å². The second-order valence-corrected chi connectivity index (χ2v) is 7.23. The number of nitrogens with zero attached hydrogens (tertiary/aromatic N) is 2. The van der Waals surface area contributed by atoms with Gasteiger partial charge in [0.2, 0.25) is 0 Å². The number of aliphatic imine (C=N–C) groups is 1. The van der Waals surface area contributed by atoms with Crippen molar-refractivity contribution in [2.45, 2.75) is 31.7 Å². The lowest BCUT2D eigenvalue weighted by Gasteiger charge is -2.29. The van der Waals surface area contributed by atoms with Gasteiger partial charge < -0.3 is 24.8 Å². The summed E-state index contributed by atoms with van der Waals surface area (Å²) in [7, 11) is 5.23. The van der Waals surface area contributed by atoms with Gasteiger partial charge in [0.05, 0.1) is 26.4 Å². The summed E-state index contributed by atoms with van der Waals surface area (Å²) in [5, 5.41) is 6.92. The number of guanidine groups is 1. The summed E-state index contributed by atoms with van der Waals surface area (Å²) in [6.07, 6.45) is 4.59. The van der Waals surface area contributed by atoms with Gasteiger partial charge in [0.25, 0.3) is 0 Å². The Bertz CT molecular complexity index is 591. The van der Waals surface area contributed by atoms with Crippen LogP contribution >= 0.6 is 0 Å². The average Bonchev–Trinajstić information content (AvgIpc) is 3.29. The molecule has 1 aromatic carbocycles. The molecule has 0 saturated carbocycles. The average molecular weight is 407 g/mol. The number of rotatable bonds is 13. The molecule has 1 aliphatic rings. The summed E-state index contributed by atoms with van der Waals surface area (Å²) in [5.74, 6) is 1.75. The number of nitrogens with one attached hydrogen (secondary N) is 2. The number of hydrogen-bond acceptors (Lipinski definition) is 5. The molecule has 0 radical (unpaired) electrons. The Morgan fingerprint density at radius 3 is 2.66 bits per heavy atom. The first-order chi connectivity index (χ1) is 14.3. The fraction of sp³-hybridized carbons (Fsp3) is 0.682. The van der Waals surface area contributed by atoms with Crippen LogP contribution in [0.15, 0.2) is 29.3 Å². The van der Waals surface area contributed by atoms with Crippen molar-refractivity contribution >= 4 is 5.96 Å². The van der Waals surface area contributed by atoms with Gasteiger partial charge in [-0.1, -0.05) is 12.1 Å². The molecule has 1 fully saturated rings. The molecule has 0 spiro atoms. The Morgan fingerprint density at radius 2 is 1.93 bits per heavy atom. The summed E-state index contributed by atoms with van der Waals surface area (Å²) < 4.78 is 15.9. The highest BCUT2D eigenvalue weighted by Gasteiger charge is 2.24. The molecule has 7 nitrogen and oxygen atoms in total. The van der Waals surface area contributed by atoms with E-state index in [1.807, 2.05) is 13.1 Å². The van der Waals surface area contributed by atoms with Crippen molar-refractivity contribution in [3.8, 4) is 5.75 Å². The van der Waals surface area contributed by atoms with Crippen LogP contribution < -0.4 is 15.4 Å². The Hall–Kier alpha value is -1.83. The monoisotopic (exact) mass is 406 g/mol. The minimum Gasteiger partial charge on any atom is -0.497 e. The second-order valence-electron chi connectivity index (χ2n) is 7.23. The standard InChI is InChI=1S/C22H38N4O3/c1-23-22(24-11-4-7-14-29-16-15-27-2)25-18-21(26-12-5-6-13-26)19-9-8-10-20(17-19)28-3/h8-10,17,21H,4-7,11-16,18H2,1-3H3,(H2,23,24,25). The van der Waals surface area contributed by atoms with Gasteiger partial charge >= 0.3 is 0 Å². The highest BCUT2D eigenvalue weighted by molar-refractivity contribution is 5.79. The quantitative estimate of drug-likeness (QED) is 0.298. The summed E-state index contributed by atoms with van der Waals surface area (Å²) >= 11 is 0. The van der Waals surface area contributed by atoms with Crippen LogP contribution in [0.3, 0.4) is 0 Å². The number of likely N-dealkylation sites (tertiary alicyclic amines) is 1. The molecule has 2 N–H and O–H groups in total. The third-order valence-electron chi connectivity index (χ3n) is 5.19. The van der Waals surface area contributed by atoms with E-state index < -0.39 is 0 Å². The van der Waals surface area contributed by atoms with Gasteiger partial charge in [-0.05, 0) is 56.5 Å². The SMILES string of the molecule is CN=C(NCCCCOCCOC)NCC(c1cccc(OC)c1)N1CCCC1. The Labute approximate surface area is 175 Å². The van der Waals surface area contributed by atoms with E-state index in [-0.39, 0.29) is 0 Å². The fourth-order valence-corrected chi connectivity index (χ4v) is 3.55. The van der Waals surface area contributed by atoms with Crippen LogP contribution in [0, 0.1) is 0 Å². The van der Waals surface area contributed by atoms with Crippen molar-refractivity contribution in [1.82, 2.24) is 15.5 Å². The highest BCUT2D eigenvalue weighted by Crippen LogP contribution is 2.27. The Balaban J connectivity index is 1.79. The maximum atomic E-state index is 5.50. The lowest BCUT2D eigenvalue weighted by molar-refractivity contribution is 0.0689. The zero-order valence-corrected chi connectivity index (χ0v) is 18.3. The molecule has 1 saturated heterocycles. The zero-order chi connectivity index (χ0) is 20.7. The maximum absolute atomic E-state index is 5.50. The molecule has 164 valence electrons. The topological polar surface area (TPSA) is 67.4 Å². The van der Waals surface area contributed by atoms with Crippen molar-refractivity contribution in [3.05, 3.63) is 29.8 Å². The molecule has 0 aromatic heterocycles. The van der Waals surface area contributed by atoms with E-state index >= 15 is 0 Å². The molecular formula is C22H38N4O3. The zero-order valence-electron chi connectivity index (χ0n) is 18.3. The van der Waals surface area contributed by atoms with Crippen LogP contribution in [0.4, 0.5) is 0 Å². The first-order valence-corrected chi connectivity index (χ1v) is 10.7. The fourth-order valence-electron chi connectivity index (χ4n) is 3.55. The smallest absolute Gasteiger partial charge is 0.191 e. The first-order valence-electron chi connectivity index (χ1n) is 10.7. The number of methoxy groups -OCH3 is 2. The van der Waals surface area contributed by atoms with Crippen LogP contribution in [0.5, 0.6) is 5.75 Å². The minimum atomic E-state index is 0.306. The van der Waals surface area contributed by atoms with Crippen molar-refractivity contribution < 1.29 is 14.2 Å². The molecule has 7 heteroatoms. The highest BCUT2D eigenvalue weighted by atomic mass is 16.5. The van der Waals surface area contributed by atoms with E-state index in [2.05, 4.69) is 38.7 Å². The number of benzene rings is 1. The summed E-state index contributed by atoms with van der Waals surface area (Å²) in [4.78, 5) is 6.92. The molecule has 1 heterocycles. The van der Waals surface area contributed by atoms with E-state index in [9.17, 15) is 0 Å². The van der Waals surface area contributed by atoms with E-state index in [0.717, 1.165) is 57.3 Å². The number of ether oxygens (including phenoxy) is 3. The Morgan fingerprint density at radius 1 is 1.10 bits per heavy atom. The van der Waals surface area contributed by atoms with Gasteiger partial charge in [-0.15, -0.1) is 0 Å². The molecule has 1 atom stereocenters. The van der Waals surface area contributed by atoms with Crippen molar-refractivity contribution in [2.24, 2.45) is 4.99 Å². The maximum Gasteiger partial charge on any atom is 0.191 e. The molecule has 1 unspecified atom stereocenters. The van der Waals surface area contributed by atoms with Gasteiger partial charge in [-0.2, -0.15) is 0 Å². The molecule has 1 aromatic rings. The molecule has 29 heavy (non-hydrogen) atoms. The van der Waals surface area contributed by atoms with Crippen LogP contribution in [-0.4, -0.2) is 78.1 Å². The van der Waals surface area contributed by atoms with Crippen molar-refractivity contribution in [3.63, 3.8) is 0 Å². The predicted molar refractivity (Wildman–Crippen MR) is 118 cm³/mol. The normalized spacial score (nSPS) is 16.0. The van der Waals surface area contributed by atoms with Crippen LogP contribution in [0.25, 0.3) is 0 Å². The Kier molecular flexibility index (Phi) is 11.5. The third kappa shape index (κ3) is 8.60. The van der Waals surface area contributed by atoms with E-state index in [1.54, 1.807) is 14.2 Å². The summed E-state index contributed by atoms with van der Waals surface area (Å²) in [6, 6.07) is 8.70. The van der Waals surface area contributed by atoms with Gasteiger partial charge in [0.1, 0.15) is 5.75 Å². The molecular weight excluding hydrogens is 368 g/mol. The first kappa shape index (κ1) is 23.4. The van der Waals surface area contributed by atoms with Crippen LogP contribution in [0.1, 0.15) is 37.3 Å². The third-order valence-corrected chi connectivity index (χ3v) is 5.19. The predicted octanol–water partition coefficient (Wildman–Crippen LogP) is 2.44. The van der Waals surface area contributed by atoms with E-state index in [1.165, 1.54) is 18.4 Å². The van der Waals surface area contributed by atoms with Gasteiger partial charge in [0, 0.05) is 33.9 Å². The summed E-state index contributed by atoms with van der Waals surface area (Å²) in [6.45, 7) is 6.05. The van der Waals surface area contributed by atoms with Gasteiger partial charge in [0.15, 0.2) is 5.96 Å². The summed E-state index contributed by atoms with van der Waals surface area (Å²) in [5.41, 5.74) is 1.28. The molecule has 0 bridgehead atoms. The molecule has 2 rings (SSSR count). The lowest BCUT2D eigenvalue weighted by Crippen LogP contribution is -2.43. The van der Waals surface area contributed by atoms with E-state index in [0.29, 0.717) is 19.3 Å². The van der Waals surface area contributed by atoms with Gasteiger partial charge in [-0.3, -0.25) is 9.89 Å². The molecule has 0 aliphatic carbocycles. The second kappa shape index (κ2) is 14.2. The van der Waals surface area contributed by atoms with Crippen molar-refractivity contribution in [2.75, 3.05) is 67.3 Å². The number of hydrogen-bond donors (Lipinski definition) is 2. The van der Waals surface area contributed by atoms with Crippen LogP contribution in [-0.2, 0) is 9.47 Å². The van der Waals surface area contributed by atoms with Gasteiger partial charge in [-0.25, -0.2) is 0 Å². The van der Waals surface area contributed by atoms with Crippen molar-refractivity contribution in [1.29, 1.82) is 0 Å². The largest absolute Gasteiger partial charge is 0.497 e. The van der Waals surface area contributed by atoms with Crippen LogP contribution in [0.2, 0.25) is 0 Å². The lowest BCUT2D eigenvalue weighted by atomic mass is 10.1. The molecule has 0 amide bonds. The molecule has 1 aliphatic heterocycles. The minimum absolute atomic E-state index is 0.306. The number of unbranched alkanes of at least 4 members (excludes halogenated alkanes) is 1.